The Bertz CT molecular complexity index is 1070. The largest absolute Gasteiger partial charge is 0.493 e. The number of para-hydroxylation sites is 2. The monoisotopic (exact) mass is 347 g/mol. The molecule has 4 aromatic rings. The van der Waals surface area contributed by atoms with E-state index in [4.69, 9.17) is 4.74 Å². The first kappa shape index (κ1) is 16.0. The van der Waals surface area contributed by atoms with Gasteiger partial charge in [0.2, 0.25) is 0 Å². The van der Waals surface area contributed by atoms with E-state index in [9.17, 15) is 4.79 Å². The minimum absolute atomic E-state index is 0.174. The molecular weight excluding hydrogens is 330 g/mol. The van der Waals surface area contributed by atoms with Crippen LogP contribution in [0.4, 0.5) is 0 Å². The Balaban J connectivity index is 1.43. The number of fused-ring (bicyclic) bond motifs is 1. The summed E-state index contributed by atoms with van der Waals surface area (Å²) < 4.78 is 7.57. The average molecular weight is 347 g/mol. The van der Waals surface area contributed by atoms with Crippen LogP contribution in [0.2, 0.25) is 0 Å². The Kier molecular flexibility index (Phi) is 4.42. The molecule has 0 aliphatic heterocycles. The highest BCUT2D eigenvalue weighted by Crippen LogP contribution is 2.21. The van der Waals surface area contributed by atoms with Gasteiger partial charge in [0.05, 0.1) is 17.8 Å². The van der Waals surface area contributed by atoms with Crippen molar-refractivity contribution < 1.29 is 4.74 Å². The van der Waals surface area contributed by atoms with Crippen molar-refractivity contribution in [3.05, 3.63) is 76.8 Å². The second kappa shape index (κ2) is 7.18. The van der Waals surface area contributed by atoms with Gasteiger partial charge in [-0.25, -0.2) is 0 Å². The third kappa shape index (κ3) is 3.32. The third-order valence-electron chi connectivity index (χ3n) is 4.05. The molecule has 0 amide bonds. The molecule has 0 saturated heterocycles. The van der Waals surface area contributed by atoms with E-state index in [1.165, 1.54) is 6.07 Å². The lowest BCUT2D eigenvalue weighted by atomic mass is 10.2. The lowest BCUT2D eigenvalue weighted by Gasteiger charge is -2.09. The van der Waals surface area contributed by atoms with E-state index in [-0.39, 0.29) is 5.56 Å². The van der Waals surface area contributed by atoms with Gasteiger partial charge in [0.1, 0.15) is 5.75 Å². The molecule has 0 aliphatic carbocycles. The Hall–Kier alpha value is -3.48. The summed E-state index contributed by atoms with van der Waals surface area (Å²) in [6, 6.07) is 18.8. The quantitative estimate of drug-likeness (QED) is 0.542. The van der Waals surface area contributed by atoms with Crippen LogP contribution in [0.25, 0.3) is 16.6 Å². The van der Waals surface area contributed by atoms with Gasteiger partial charge < -0.3 is 9.72 Å². The number of nitrogens with one attached hydrogen (secondary N) is 1. The fraction of sp³-hybridized carbons (Fsp3) is 0.158. The predicted molar refractivity (Wildman–Crippen MR) is 97.5 cm³/mol. The number of rotatable bonds is 6. The summed E-state index contributed by atoms with van der Waals surface area (Å²) >= 11 is 0. The van der Waals surface area contributed by atoms with Gasteiger partial charge in [0.25, 0.3) is 5.56 Å². The zero-order chi connectivity index (χ0) is 17.8. The Morgan fingerprint density at radius 1 is 1.04 bits per heavy atom. The molecule has 4 rings (SSSR count). The normalized spacial score (nSPS) is 10.9. The molecule has 1 N–H and O–H groups in total. The van der Waals surface area contributed by atoms with E-state index in [0.717, 1.165) is 28.8 Å². The van der Waals surface area contributed by atoms with Crippen molar-refractivity contribution in [2.24, 2.45) is 0 Å². The number of hydrogen-bond donors (Lipinski definition) is 1. The fourth-order valence-corrected chi connectivity index (χ4v) is 2.84. The topological polar surface area (TPSA) is 85.7 Å². The molecule has 2 aromatic carbocycles. The number of hydrogen-bond acceptors (Lipinski definition) is 5. The summed E-state index contributed by atoms with van der Waals surface area (Å²) in [5.74, 6) is 1.36. The van der Waals surface area contributed by atoms with Crippen LogP contribution in [0.1, 0.15) is 12.2 Å². The van der Waals surface area contributed by atoms with Crippen molar-refractivity contribution >= 4 is 10.9 Å². The molecular formula is C19H17N5O2. The van der Waals surface area contributed by atoms with Crippen molar-refractivity contribution in [3.63, 3.8) is 0 Å². The molecule has 0 bridgehead atoms. The van der Waals surface area contributed by atoms with Crippen LogP contribution in [-0.4, -0.2) is 31.8 Å². The summed E-state index contributed by atoms with van der Waals surface area (Å²) in [4.78, 5) is 14.6. The highest BCUT2D eigenvalue weighted by Gasteiger charge is 2.08. The first-order chi connectivity index (χ1) is 12.8. The molecule has 26 heavy (non-hydrogen) atoms. The highest BCUT2D eigenvalue weighted by molar-refractivity contribution is 5.84. The van der Waals surface area contributed by atoms with Gasteiger partial charge in [0.15, 0.2) is 5.82 Å². The molecule has 130 valence electrons. The van der Waals surface area contributed by atoms with Crippen LogP contribution >= 0.6 is 0 Å². The summed E-state index contributed by atoms with van der Waals surface area (Å²) in [5, 5.41) is 12.8. The van der Waals surface area contributed by atoms with Crippen LogP contribution in [0.15, 0.2) is 65.5 Å². The van der Waals surface area contributed by atoms with Gasteiger partial charge in [-0.2, -0.15) is 4.68 Å². The number of nitrogens with zero attached hydrogens (tertiary/aromatic N) is 4. The van der Waals surface area contributed by atoms with Gasteiger partial charge in [-0.15, -0.1) is 5.10 Å². The smallest absolute Gasteiger partial charge is 0.252 e. The molecule has 0 saturated carbocycles. The van der Waals surface area contributed by atoms with Gasteiger partial charge in [0, 0.05) is 17.9 Å². The number of aromatic nitrogens is 5. The number of H-pyrrole nitrogens is 1. The predicted octanol–water partition coefficient (Wildman–Crippen LogP) is 2.52. The van der Waals surface area contributed by atoms with Crippen molar-refractivity contribution in [1.29, 1.82) is 0 Å². The third-order valence-corrected chi connectivity index (χ3v) is 4.05. The summed E-state index contributed by atoms with van der Waals surface area (Å²) in [6.07, 6.45) is 1.40. The molecule has 7 heteroatoms. The molecule has 0 fully saturated rings. The molecule has 0 aliphatic rings. The number of benzene rings is 2. The van der Waals surface area contributed by atoms with E-state index >= 15 is 0 Å². The van der Waals surface area contributed by atoms with Crippen LogP contribution in [-0.2, 0) is 6.42 Å². The van der Waals surface area contributed by atoms with E-state index in [1.807, 2.05) is 54.6 Å². The average Bonchev–Trinajstić information content (AvgIpc) is 3.14. The van der Waals surface area contributed by atoms with Crippen LogP contribution in [0, 0.1) is 0 Å². The van der Waals surface area contributed by atoms with Gasteiger partial charge in [-0.3, -0.25) is 4.79 Å². The van der Waals surface area contributed by atoms with E-state index in [0.29, 0.717) is 18.8 Å². The van der Waals surface area contributed by atoms with Crippen molar-refractivity contribution in [1.82, 2.24) is 25.2 Å². The number of aromatic amines is 1. The standard InChI is InChI=1S/C19H17N5O2/c25-19-13-17(15-9-4-5-10-16(15)20-19)26-12-6-11-18-21-22-23-24(18)14-7-2-1-3-8-14/h1-5,7-10,13H,6,11-12H2,(H,20,25). The van der Waals surface area contributed by atoms with Gasteiger partial charge in [-0.05, 0) is 41.1 Å². The molecule has 2 heterocycles. The van der Waals surface area contributed by atoms with Gasteiger partial charge in [-0.1, -0.05) is 30.3 Å². The van der Waals surface area contributed by atoms with E-state index in [2.05, 4.69) is 20.5 Å². The Morgan fingerprint density at radius 3 is 2.73 bits per heavy atom. The molecule has 0 unspecified atom stereocenters. The number of pyridine rings is 1. The minimum Gasteiger partial charge on any atom is -0.493 e. The summed E-state index contributed by atoms with van der Waals surface area (Å²) in [5.41, 5.74) is 1.52. The van der Waals surface area contributed by atoms with Crippen molar-refractivity contribution in [2.45, 2.75) is 12.8 Å². The molecule has 0 spiro atoms. The van der Waals surface area contributed by atoms with Gasteiger partial charge >= 0.3 is 0 Å². The second-order valence-corrected chi connectivity index (χ2v) is 5.84. The maximum absolute atomic E-state index is 11.8. The van der Waals surface area contributed by atoms with Crippen molar-refractivity contribution in [3.8, 4) is 11.4 Å². The summed E-state index contributed by atoms with van der Waals surface area (Å²) in [6.45, 7) is 0.467. The molecule has 2 aromatic heterocycles. The second-order valence-electron chi connectivity index (χ2n) is 5.84. The van der Waals surface area contributed by atoms with E-state index < -0.39 is 0 Å². The highest BCUT2D eigenvalue weighted by atomic mass is 16.5. The molecule has 0 radical (unpaired) electrons. The first-order valence-electron chi connectivity index (χ1n) is 8.39. The van der Waals surface area contributed by atoms with Crippen LogP contribution < -0.4 is 10.3 Å². The summed E-state index contributed by atoms with van der Waals surface area (Å²) in [7, 11) is 0. The van der Waals surface area contributed by atoms with Crippen LogP contribution in [0.3, 0.4) is 0 Å². The lowest BCUT2D eigenvalue weighted by Crippen LogP contribution is -2.09. The number of aryl methyl sites for hydroxylation is 1. The van der Waals surface area contributed by atoms with Crippen LogP contribution in [0.5, 0.6) is 5.75 Å². The Morgan fingerprint density at radius 2 is 1.85 bits per heavy atom. The van der Waals surface area contributed by atoms with Crippen molar-refractivity contribution in [2.75, 3.05) is 6.61 Å². The Labute approximate surface area is 149 Å². The van der Waals surface area contributed by atoms with E-state index in [1.54, 1.807) is 4.68 Å². The minimum atomic E-state index is -0.174. The zero-order valence-electron chi connectivity index (χ0n) is 14.0. The maximum Gasteiger partial charge on any atom is 0.252 e. The fourth-order valence-electron chi connectivity index (χ4n) is 2.84. The lowest BCUT2D eigenvalue weighted by molar-refractivity contribution is 0.312. The number of ether oxygens (including phenoxy) is 1. The maximum atomic E-state index is 11.8. The first-order valence-corrected chi connectivity index (χ1v) is 8.39. The SMILES string of the molecule is O=c1cc(OCCCc2nnnn2-c2ccccc2)c2ccccc2[nH]1. The molecule has 0 atom stereocenters. The number of tetrazole rings is 1. The molecule has 7 nitrogen and oxygen atoms in total. The zero-order valence-corrected chi connectivity index (χ0v) is 14.0.